The van der Waals surface area contributed by atoms with E-state index < -0.39 is 0 Å². The summed E-state index contributed by atoms with van der Waals surface area (Å²) in [4.78, 5) is 0. The minimum absolute atomic E-state index is 0.247. The van der Waals surface area contributed by atoms with Crippen LogP contribution in [0.25, 0.3) is 10.8 Å². The van der Waals surface area contributed by atoms with E-state index in [1.807, 2.05) is 37.3 Å². The molecule has 0 saturated carbocycles. The van der Waals surface area contributed by atoms with Gasteiger partial charge in [0.05, 0.1) is 11.6 Å². The monoisotopic (exact) mass is 276 g/mol. The lowest BCUT2D eigenvalue weighted by Gasteiger charge is -2.13. The second-order valence-corrected chi connectivity index (χ2v) is 4.90. The van der Waals surface area contributed by atoms with Crippen LogP contribution in [0.1, 0.15) is 11.1 Å². The standard InChI is InChI=1S/C18H13FN2/c1-12-10-14(19)7-9-17(12)21-18-8-6-13(11-20)15-4-2-3-5-16(15)18/h2-10,21H,1H3. The molecule has 0 bridgehead atoms. The van der Waals surface area contributed by atoms with E-state index in [1.165, 1.54) is 12.1 Å². The van der Waals surface area contributed by atoms with Gasteiger partial charge < -0.3 is 5.32 Å². The summed E-state index contributed by atoms with van der Waals surface area (Å²) in [5, 5.41) is 14.4. The first-order chi connectivity index (χ1) is 10.2. The first-order valence-corrected chi connectivity index (χ1v) is 6.64. The minimum Gasteiger partial charge on any atom is -0.355 e. The summed E-state index contributed by atoms with van der Waals surface area (Å²) >= 11 is 0. The topological polar surface area (TPSA) is 35.8 Å². The molecule has 0 amide bonds. The zero-order chi connectivity index (χ0) is 14.8. The smallest absolute Gasteiger partial charge is 0.123 e. The second-order valence-electron chi connectivity index (χ2n) is 4.90. The highest BCUT2D eigenvalue weighted by Crippen LogP contribution is 2.30. The molecule has 0 radical (unpaired) electrons. The van der Waals surface area contributed by atoms with Crippen LogP contribution in [-0.2, 0) is 0 Å². The molecule has 0 heterocycles. The highest BCUT2D eigenvalue weighted by Gasteiger charge is 2.07. The van der Waals surface area contributed by atoms with Gasteiger partial charge in [-0.2, -0.15) is 5.26 Å². The van der Waals surface area contributed by atoms with Crippen molar-refractivity contribution in [2.75, 3.05) is 5.32 Å². The number of hydrogen-bond acceptors (Lipinski definition) is 2. The molecular weight excluding hydrogens is 263 g/mol. The van der Waals surface area contributed by atoms with E-state index in [2.05, 4.69) is 11.4 Å². The molecule has 2 nitrogen and oxygen atoms in total. The molecule has 0 aliphatic carbocycles. The predicted octanol–water partition coefficient (Wildman–Crippen LogP) is 4.90. The summed E-state index contributed by atoms with van der Waals surface area (Å²) in [6, 6.07) is 18.3. The largest absolute Gasteiger partial charge is 0.355 e. The van der Waals surface area contributed by atoms with E-state index in [1.54, 1.807) is 12.1 Å². The van der Waals surface area contributed by atoms with Gasteiger partial charge in [0, 0.05) is 22.1 Å². The van der Waals surface area contributed by atoms with Crippen LogP contribution in [0.2, 0.25) is 0 Å². The van der Waals surface area contributed by atoms with Gasteiger partial charge in [-0.3, -0.25) is 0 Å². The van der Waals surface area contributed by atoms with Crippen molar-refractivity contribution in [2.24, 2.45) is 0 Å². The van der Waals surface area contributed by atoms with E-state index in [-0.39, 0.29) is 5.82 Å². The van der Waals surface area contributed by atoms with E-state index >= 15 is 0 Å². The van der Waals surface area contributed by atoms with Gasteiger partial charge >= 0.3 is 0 Å². The molecule has 0 unspecified atom stereocenters. The van der Waals surface area contributed by atoms with Crippen molar-refractivity contribution in [3.05, 3.63) is 71.5 Å². The molecule has 21 heavy (non-hydrogen) atoms. The summed E-state index contributed by atoms with van der Waals surface area (Å²) in [5.74, 6) is -0.247. The lowest BCUT2D eigenvalue weighted by Crippen LogP contribution is -1.95. The summed E-state index contributed by atoms with van der Waals surface area (Å²) in [6.45, 7) is 1.86. The van der Waals surface area contributed by atoms with Crippen LogP contribution in [0, 0.1) is 24.1 Å². The third-order valence-electron chi connectivity index (χ3n) is 3.50. The number of hydrogen-bond donors (Lipinski definition) is 1. The fraction of sp³-hybridized carbons (Fsp3) is 0.0556. The Bertz CT molecular complexity index is 863. The number of nitrogens with one attached hydrogen (secondary N) is 1. The van der Waals surface area contributed by atoms with Crippen LogP contribution in [0.3, 0.4) is 0 Å². The summed E-state index contributed by atoms with van der Waals surface area (Å²) in [5.41, 5.74) is 3.24. The maximum Gasteiger partial charge on any atom is 0.123 e. The molecule has 102 valence electrons. The van der Waals surface area contributed by atoms with Gasteiger partial charge in [0.25, 0.3) is 0 Å². The maximum absolute atomic E-state index is 13.2. The molecule has 0 fully saturated rings. The molecular formula is C18H13FN2. The third-order valence-corrected chi connectivity index (χ3v) is 3.50. The molecule has 3 aromatic rings. The first-order valence-electron chi connectivity index (χ1n) is 6.64. The van der Waals surface area contributed by atoms with Crippen molar-refractivity contribution in [2.45, 2.75) is 6.92 Å². The van der Waals surface area contributed by atoms with Gasteiger partial charge in [-0.1, -0.05) is 24.3 Å². The van der Waals surface area contributed by atoms with Crippen LogP contribution in [0.15, 0.2) is 54.6 Å². The fourth-order valence-electron chi connectivity index (χ4n) is 2.42. The van der Waals surface area contributed by atoms with Crippen molar-refractivity contribution in [1.29, 1.82) is 5.26 Å². The Morgan fingerprint density at radius 3 is 2.38 bits per heavy atom. The predicted molar refractivity (Wildman–Crippen MR) is 83.1 cm³/mol. The Labute approximate surface area is 122 Å². The fourth-order valence-corrected chi connectivity index (χ4v) is 2.42. The second kappa shape index (κ2) is 5.26. The average molecular weight is 276 g/mol. The van der Waals surface area contributed by atoms with Crippen LogP contribution < -0.4 is 5.32 Å². The molecule has 3 heteroatoms. The van der Waals surface area contributed by atoms with Crippen LogP contribution in [0.5, 0.6) is 0 Å². The number of nitriles is 1. The molecule has 0 spiro atoms. The Kier molecular flexibility index (Phi) is 3.29. The van der Waals surface area contributed by atoms with Gasteiger partial charge in [-0.05, 0) is 42.8 Å². The lowest BCUT2D eigenvalue weighted by atomic mass is 10.0. The van der Waals surface area contributed by atoms with Gasteiger partial charge in [-0.25, -0.2) is 4.39 Å². The van der Waals surface area contributed by atoms with Gasteiger partial charge in [-0.15, -0.1) is 0 Å². The minimum atomic E-state index is -0.247. The first kappa shape index (κ1) is 13.1. The molecule has 0 atom stereocenters. The third kappa shape index (κ3) is 2.44. The quantitative estimate of drug-likeness (QED) is 0.722. The highest BCUT2D eigenvalue weighted by molar-refractivity contribution is 5.98. The molecule has 0 aliphatic rings. The SMILES string of the molecule is Cc1cc(F)ccc1Nc1ccc(C#N)c2ccccc12. The summed E-state index contributed by atoms with van der Waals surface area (Å²) in [7, 11) is 0. The Morgan fingerprint density at radius 2 is 1.67 bits per heavy atom. The molecule has 3 aromatic carbocycles. The van der Waals surface area contributed by atoms with Crippen LogP contribution in [0.4, 0.5) is 15.8 Å². The normalized spacial score (nSPS) is 10.3. The van der Waals surface area contributed by atoms with Crippen molar-refractivity contribution in [1.82, 2.24) is 0 Å². The number of anilines is 2. The molecule has 0 aliphatic heterocycles. The number of halogens is 1. The molecule has 0 aromatic heterocycles. The maximum atomic E-state index is 13.2. The summed E-state index contributed by atoms with van der Waals surface area (Å²) in [6.07, 6.45) is 0. The molecule has 1 N–H and O–H groups in total. The summed E-state index contributed by atoms with van der Waals surface area (Å²) < 4.78 is 13.2. The van der Waals surface area contributed by atoms with Crippen molar-refractivity contribution in [3.63, 3.8) is 0 Å². The number of aryl methyl sites for hydroxylation is 1. The lowest BCUT2D eigenvalue weighted by molar-refractivity contribution is 0.627. The number of fused-ring (bicyclic) bond motifs is 1. The zero-order valence-electron chi connectivity index (χ0n) is 11.5. The van der Waals surface area contributed by atoms with E-state index in [0.29, 0.717) is 5.56 Å². The van der Waals surface area contributed by atoms with Gasteiger partial charge in [0.1, 0.15) is 5.82 Å². The van der Waals surface area contributed by atoms with Crippen LogP contribution >= 0.6 is 0 Å². The number of benzene rings is 3. The number of nitrogens with zero attached hydrogens (tertiary/aromatic N) is 1. The van der Waals surface area contributed by atoms with E-state index in [4.69, 9.17) is 0 Å². The average Bonchev–Trinajstić information content (AvgIpc) is 2.50. The van der Waals surface area contributed by atoms with Gasteiger partial charge in [0.15, 0.2) is 0 Å². The van der Waals surface area contributed by atoms with Gasteiger partial charge in [0.2, 0.25) is 0 Å². The van der Waals surface area contributed by atoms with Crippen molar-refractivity contribution < 1.29 is 4.39 Å². The Hall–Kier alpha value is -2.86. The van der Waals surface area contributed by atoms with Crippen molar-refractivity contribution in [3.8, 4) is 6.07 Å². The highest BCUT2D eigenvalue weighted by atomic mass is 19.1. The Balaban J connectivity index is 2.12. The van der Waals surface area contributed by atoms with E-state index in [0.717, 1.165) is 27.7 Å². The molecule has 0 saturated heterocycles. The van der Waals surface area contributed by atoms with Crippen LogP contribution in [-0.4, -0.2) is 0 Å². The van der Waals surface area contributed by atoms with E-state index in [9.17, 15) is 9.65 Å². The molecule has 3 rings (SSSR count). The Morgan fingerprint density at radius 1 is 0.952 bits per heavy atom. The number of rotatable bonds is 2. The van der Waals surface area contributed by atoms with Crippen molar-refractivity contribution >= 4 is 22.1 Å². The zero-order valence-corrected chi connectivity index (χ0v) is 11.5.